The van der Waals surface area contributed by atoms with Gasteiger partial charge in [0.05, 0.1) is 24.6 Å². The molecule has 0 N–H and O–H groups in total. The molecule has 0 radical (unpaired) electrons. The molecule has 0 aromatic heterocycles. The van der Waals surface area contributed by atoms with E-state index in [-0.39, 0.29) is 5.91 Å². The molecule has 0 atom stereocenters. The number of nitrogens with zero attached hydrogens (tertiary/aromatic N) is 2. The predicted octanol–water partition coefficient (Wildman–Crippen LogP) is 3.21. The molecule has 3 rings (SSSR count). The Hall–Kier alpha value is -2.60. The molecule has 1 aliphatic rings. The molecule has 0 spiro atoms. The second-order valence-corrected chi connectivity index (χ2v) is 5.24. The first-order valence-electron chi connectivity index (χ1n) is 7.13. The summed E-state index contributed by atoms with van der Waals surface area (Å²) < 4.78 is 0. The maximum Gasteiger partial charge on any atom is 0.231 e. The summed E-state index contributed by atoms with van der Waals surface area (Å²) in [6.07, 6.45) is 1.43. The van der Waals surface area contributed by atoms with Gasteiger partial charge in [-0.3, -0.25) is 4.79 Å². The molecule has 104 valence electrons. The van der Waals surface area contributed by atoms with Crippen molar-refractivity contribution in [3.8, 4) is 6.07 Å². The van der Waals surface area contributed by atoms with Crippen LogP contribution in [0.2, 0.25) is 0 Å². The van der Waals surface area contributed by atoms with Gasteiger partial charge in [-0.1, -0.05) is 37.3 Å². The number of aryl methyl sites for hydroxylation is 1. The quantitative estimate of drug-likeness (QED) is 0.864. The average molecular weight is 276 g/mol. The molecule has 1 amide bonds. The van der Waals surface area contributed by atoms with E-state index >= 15 is 0 Å². The number of nitriles is 1. The van der Waals surface area contributed by atoms with E-state index in [4.69, 9.17) is 5.26 Å². The molecule has 0 saturated heterocycles. The van der Waals surface area contributed by atoms with Crippen molar-refractivity contribution in [2.75, 3.05) is 4.90 Å². The van der Waals surface area contributed by atoms with Gasteiger partial charge in [-0.25, -0.2) is 0 Å². The molecule has 21 heavy (non-hydrogen) atoms. The van der Waals surface area contributed by atoms with Crippen molar-refractivity contribution in [2.45, 2.75) is 26.3 Å². The van der Waals surface area contributed by atoms with Gasteiger partial charge in [-0.05, 0) is 35.2 Å². The van der Waals surface area contributed by atoms with Gasteiger partial charge >= 0.3 is 0 Å². The van der Waals surface area contributed by atoms with Crippen LogP contribution in [0.3, 0.4) is 0 Å². The van der Waals surface area contributed by atoms with E-state index in [1.807, 2.05) is 24.3 Å². The van der Waals surface area contributed by atoms with Crippen molar-refractivity contribution < 1.29 is 4.79 Å². The van der Waals surface area contributed by atoms with Crippen molar-refractivity contribution in [2.24, 2.45) is 0 Å². The van der Waals surface area contributed by atoms with Crippen LogP contribution in [0.4, 0.5) is 5.69 Å². The molecular formula is C18H16N2O. The summed E-state index contributed by atoms with van der Waals surface area (Å²) >= 11 is 0. The molecule has 1 heterocycles. The number of carbonyl (C=O) groups is 1. The van der Waals surface area contributed by atoms with Crippen LogP contribution in [0.1, 0.15) is 29.2 Å². The topological polar surface area (TPSA) is 44.1 Å². The lowest BCUT2D eigenvalue weighted by Gasteiger charge is -2.18. The number of hydrogen-bond donors (Lipinski definition) is 0. The number of hydrogen-bond acceptors (Lipinski definition) is 2. The molecule has 3 nitrogen and oxygen atoms in total. The monoisotopic (exact) mass is 276 g/mol. The summed E-state index contributed by atoms with van der Waals surface area (Å²) in [5.74, 6) is 0.103. The molecule has 2 aromatic carbocycles. The van der Waals surface area contributed by atoms with Gasteiger partial charge in [0.2, 0.25) is 5.91 Å². The Morgan fingerprint density at radius 1 is 1.24 bits per heavy atom. The third kappa shape index (κ3) is 2.41. The fraction of sp³-hybridized carbons (Fsp3) is 0.222. The van der Waals surface area contributed by atoms with Crippen LogP contribution in [-0.4, -0.2) is 5.91 Å². The highest BCUT2D eigenvalue weighted by atomic mass is 16.2. The number of anilines is 1. The summed E-state index contributed by atoms with van der Waals surface area (Å²) in [6.45, 7) is 2.57. The van der Waals surface area contributed by atoms with E-state index in [2.05, 4.69) is 25.1 Å². The van der Waals surface area contributed by atoms with E-state index in [9.17, 15) is 4.79 Å². The van der Waals surface area contributed by atoms with Gasteiger partial charge in [-0.2, -0.15) is 5.26 Å². The van der Waals surface area contributed by atoms with Crippen LogP contribution in [0.5, 0.6) is 0 Å². The minimum absolute atomic E-state index is 0.103. The largest absolute Gasteiger partial charge is 0.307 e. The standard InChI is InChI=1S/C18H16N2O/c1-2-13-7-8-17-16(9-13)10-18(21)20(17)12-15-6-4-3-5-14(15)11-19/h3-9H,2,10,12H2,1H3. The highest BCUT2D eigenvalue weighted by molar-refractivity contribution is 6.01. The van der Waals surface area contributed by atoms with Gasteiger partial charge in [0.15, 0.2) is 0 Å². The van der Waals surface area contributed by atoms with Crippen LogP contribution in [0.15, 0.2) is 42.5 Å². The normalized spacial score (nSPS) is 13.1. The van der Waals surface area contributed by atoms with E-state index in [1.54, 1.807) is 11.0 Å². The zero-order chi connectivity index (χ0) is 14.8. The minimum atomic E-state index is 0.103. The van der Waals surface area contributed by atoms with Crippen molar-refractivity contribution in [3.63, 3.8) is 0 Å². The van der Waals surface area contributed by atoms with Crippen molar-refractivity contribution in [1.82, 2.24) is 0 Å². The van der Waals surface area contributed by atoms with Crippen LogP contribution in [0, 0.1) is 11.3 Å². The van der Waals surface area contributed by atoms with E-state index in [0.29, 0.717) is 18.5 Å². The second kappa shape index (κ2) is 5.41. The Kier molecular flexibility index (Phi) is 3.45. The Balaban J connectivity index is 1.95. The first kappa shape index (κ1) is 13.4. The lowest BCUT2D eigenvalue weighted by molar-refractivity contribution is -0.117. The first-order valence-corrected chi connectivity index (χ1v) is 7.13. The Bertz CT molecular complexity index is 743. The van der Waals surface area contributed by atoms with Crippen LogP contribution in [0.25, 0.3) is 0 Å². The molecule has 0 fully saturated rings. The second-order valence-electron chi connectivity index (χ2n) is 5.24. The maximum absolute atomic E-state index is 12.3. The Morgan fingerprint density at radius 3 is 2.81 bits per heavy atom. The smallest absolute Gasteiger partial charge is 0.231 e. The summed E-state index contributed by atoms with van der Waals surface area (Å²) in [5, 5.41) is 9.17. The Morgan fingerprint density at radius 2 is 2.05 bits per heavy atom. The van der Waals surface area contributed by atoms with Gasteiger partial charge in [-0.15, -0.1) is 0 Å². The molecule has 1 aliphatic heterocycles. The van der Waals surface area contributed by atoms with Gasteiger partial charge in [0.25, 0.3) is 0 Å². The summed E-state index contributed by atoms with van der Waals surface area (Å²) in [4.78, 5) is 14.1. The predicted molar refractivity (Wildman–Crippen MR) is 81.9 cm³/mol. The van der Waals surface area contributed by atoms with E-state index < -0.39 is 0 Å². The highest BCUT2D eigenvalue weighted by Gasteiger charge is 2.27. The van der Waals surface area contributed by atoms with Crippen LogP contribution >= 0.6 is 0 Å². The SMILES string of the molecule is CCc1ccc2c(c1)CC(=O)N2Cc1ccccc1C#N. The van der Waals surface area contributed by atoms with Gasteiger partial charge in [0.1, 0.15) is 0 Å². The third-order valence-electron chi connectivity index (χ3n) is 3.95. The number of fused-ring (bicyclic) bond motifs is 1. The molecule has 0 saturated carbocycles. The third-order valence-corrected chi connectivity index (χ3v) is 3.95. The van der Waals surface area contributed by atoms with Crippen molar-refractivity contribution in [3.05, 3.63) is 64.7 Å². The first-order chi connectivity index (χ1) is 10.2. The Labute approximate surface area is 124 Å². The zero-order valence-electron chi connectivity index (χ0n) is 12.0. The molecular weight excluding hydrogens is 260 g/mol. The average Bonchev–Trinajstić information content (AvgIpc) is 2.83. The van der Waals surface area contributed by atoms with Gasteiger partial charge < -0.3 is 4.90 Å². The highest BCUT2D eigenvalue weighted by Crippen LogP contribution is 2.31. The van der Waals surface area contributed by atoms with Crippen molar-refractivity contribution in [1.29, 1.82) is 5.26 Å². The van der Waals surface area contributed by atoms with Crippen LogP contribution < -0.4 is 4.90 Å². The van der Waals surface area contributed by atoms with E-state index in [1.165, 1.54) is 5.56 Å². The van der Waals surface area contributed by atoms with E-state index in [0.717, 1.165) is 23.2 Å². The van der Waals surface area contributed by atoms with Gasteiger partial charge in [0, 0.05) is 5.69 Å². The summed E-state index contributed by atoms with van der Waals surface area (Å²) in [7, 11) is 0. The molecule has 0 aliphatic carbocycles. The zero-order valence-corrected chi connectivity index (χ0v) is 12.0. The number of carbonyl (C=O) groups excluding carboxylic acids is 1. The number of rotatable bonds is 3. The summed E-state index contributed by atoms with van der Waals surface area (Å²) in [5.41, 5.74) is 4.84. The molecule has 0 bridgehead atoms. The lowest BCUT2D eigenvalue weighted by Crippen LogP contribution is -2.26. The maximum atomic E-state index is 12.3. The minimum Gasteiger partial charge on any atom is -0.307 e. The fourth-order valence-corrected chi connectivity index (χ4v) is 2.77. The molecule has 0 unspecified atom stereocenters. The summed E-state index contributed by atoms with van der Waals surface area (Å²) in [6, 6.07) is 15.8. The lowest BCUT2D eigenvalue weighted by atomic mass is 10.1. The number of benzene rings is 2. The fourth-order valence-electron chi connectivity index (χ4n) is 2.77. The number of amides is 1. The molecule has 3 heteroatoms. The van der Waals surface area contributed by atoms with Crippen LogP contribution in [-0.2, 0) is 24.2 Å². The van der Waals surface area contributed by atoms with Crippen molar-refractivity contribution >= 4 is 11.6 Å². The molecule has 2 aromatic rings.